The van der Waals surface area contributed by atoms with Crippen LogP contribution in [0, 0.1) is 17.2 Å². The summed E-state index contributed by atoms with van der Waals surface area (Å²) in [6.07, 6.45) is 3.22. The first kappa shape index (κ1) is 12.9. The number of imidazole rings is 1. The van der Waals surface area contributed by atoms with Crippen molar-refractivity contribution in [3.8, 4) is 6.07 Å². The maximum absolute atomic E-state index is 12.3. The second-order valence-electron chi connectivity index (χ2n) is 4.94. The van der Waals surface area contributed by atoms with E-state index in [1.165, 1.54) is 17.4 Å². The van der Waals surface area contributed by atoms with E-state index in [2.05, 4.69) is 9.97 Å². The Morgan fingerprint density at radius 1 is 1.40 bits per heavy atom. The van der Waals surface area contributed by atoms with E-state index < -0.39 is 11.2 Å². The number of hydrogen-bond donors (Lipinski definition) is 1. The molecule has 1 fully saturated rings. The van der Waals surface area contributed by atoms with Crippen LogP contribution in [0.1, 0.15) is 19.3 Å². The summed E-state index contributed by atoms with van der Waals surface area (Å²) in [5.74, 6) is 0.641. The SMILES string of the molecule is N#CCn1c(=O)c2[nH]c(Cl)nc2n(CCC2CC2)c1=O. The summed E-state index contributed by atoms with van der Waals surface area (Å²) in [7, 11) is 0. The lowest BCUT2D eigenvalue weighted by molar-refractivity contribution is 0.553. The Balaban J connectivity index is 2.21. The van der Waals surface area contributed by atoms with Crippen molar-refractivity contribution < 1.29 is 0 Å². The molecule has 1 aliphatic carbocycles. The Bertz CT molecular complexity index is 821. The minimum absolute atomic E-state index is 0.0615. The number of hydrogen-bond acceptors (Lipinski definition) is 4. The number of rotatable bonds is 4. The van der Waals surface area contributed by atoms with Gasteiger partial charge in [-0.1, -0.05) is 12.8 Å². The molecule has 0 bridgehead atoms. The lowest BCUT2D eigenvalue weighted by atomic mass is 10.3. The standard InChI is InChI=1S/C12H12ClN5O2/c13-11-15-8-9(16-11)17(5-3-7-1-2-7)12(20)18(6-4-14)10(8)19/h7H,1-3,5-6H2,(H,15,16). The van der Waals surface area contributed by atoms with Crippen LogP contribution in [0.15, 0.2) is 9.59 Å². The van der Waals surface area contributed by atoms with E-state index in [-0.39, 0.29) is 23.0 Å². The fraction of sp³-hybridized carbons (Fsp3) is 0.500. The van der Waals surface area contributed by atoms with E-state index in [1.807, 2.05) is 6.07 Å². The molecule has 0 amide bonds. The van der Waals surface area contributed by atoms with Crippen molar-refractivity contribution in [3.63, 3.8) is 0 Å². The lowest BCUT2D eigenvalue weighted by Gasteiger charge is -2.08. The molecule has 0 saturated heterocycles. The van der Waals surface area contributed by atoms with Gasteiger partial charge in [0.2, 0.25) is 5.28 Å². The normalized spacial score (nSPS) is 14.6. The maximum atomic E-state index is 12.3. The summed E-state index contributed by atoms with van der Waals surface area (Å²) in [5, 5.41) is 8.82. The molecule has 0 aromatic carbocycles. The van der Waals surface area contributed by atoms with Gasteiger partial charge in [0, 0.05) is 6.54 Å². The first-order chi connectivity index (χ1) is 9.61. The van der Waals surface area contributed by atoms with E-state index in [0.29, 0.717) is 12.5 Å². The number of aryl methyl sites for hydroxylation is 1. The molecule has 2 aromatic heterocycles. The van der Waals surface area contributed by atoms with Gasteiger partial charge in [-0.2, -0.15) is 10.2 Å². The van der Waals surface area contributed by atoms with Gasteiger partial charge in [-0.15, -0.1) is 0 Å². The molecule has 0 atom stereocenters. The van der Waals surface area contributed by atoms with Crippen LogP contribution in [-0.2, 0) is 13.1 Å². The number of halogens is 1. The van der Waals surface area contributed by atoms with Crippen LogP contribution in [0.3, 0.4) is 0 Å². The van der Waals surface area contributed by atoms with E-state index >= 15 is 0 Å². The largest absolute Gasteiger partial charge is 0.333 e. The van der Waals surface area contributed by atoms with Gasteiger partial charge in [-0.3, -0.25) is 9.36 Å². The van der Waals surface area contributed by atoms with Crippen molar-refractivity contribution in [2.24, 2.45) is 5.92 Å². The zero-order valence-electron chi connectivity index (χ0n) is 10.6. The number of H-pyrrole nitrogens is 1. The quantitative estimate of drug-likeness (QED) is 0.846. The number of aromatic nitrogens is 4. The van der Waals surface area contributed by atoms with Crippen LogP contribution < -0.4 is 11.2 Å². The molecule has 0 radical (unpaired) electrons. The van der Waals surface area contributed by atoms with Gasteiger partial charge in [0.25, 0.3) is 5.56 Å². The predicted molar refractivity (Wildman–Crippen MR) is 72.6 cm³/mol. The third kappa shape index (κ3) is 2.12. The molecule has 2 aromatic rings. The summed E-state index contributed by atoms with van der Waals surface area (Å²) in [6, 6.07) is 1.82. The zero-order valence-corrected chi connectivity index (χ0v) is 11.4. The van der Waals surface area contributed by atoms with Crippen LogP contribution in [0.5, 0.6) is 0 Å². The molecule has 1 N–H and O–H groups in total. The highest BCUT2D eigenvalue weighted by molar-refractivity contribution is 6.28. The summed E-state index contributed by atoms with van der Waals surface area (Å²) < 4.78 is 2.33. The third-order valence-corrected chi connectivity index (χ3v) is 3.70. The molecule has 8 heteroatoms. The first-order valence-corrected chi connectivity index (χ1v) is 6.75. The molecule has 2 heterocycles. The van der Waals surface area contributed by atoms with Gasteiger partial charge in [0.15, 0.2) is 11.2 Å². The molecule has 0 aliphatic heterocycles. The highest BCUT2D eigenvalue weighted by atomic mass is 35.5. The van der Waals surface area contributed by atoms with Crippen LogP contribution >= 0.6 is 11.6 Å². The van der Waals surface area contributed by atoms with Gasteiger partial charge in [0.05, 0.1) is 6.07 Å². The van der Waals surface area contributed by atoms with E-state index in [0.717, 1.165) is 11.0 Å². The van der Waals surface area contributed by atoms with Gasteiger partial charge >= 0.3 is 5.69 Å². The lowest BCUT2D eigenvalue weighted by Crippen LogP contribution is -2.40. The smallest absolute Gasteiger partial charge is 0.323 e. The molecule has 104 valence electrons. The van der Waals surface area contributed by atoms with Gasteiger partial charge in [-0.05, 0) is 23.9 Å². The van der Waals surface area contributed by atoms with E-state index in [4.69, 9.17) is 16.9 Å². The number of nitrogens with one attached hydrogen (secondary N) is 1. The van der Waals surface area contributed by atoms with Crippen LogP contribution in [-0.4, -0.2) is 19.1 Å². The minimum Gasteiger partial charge on any atom is -0.323 e. The average Bonchev–Trinajstić information content (AvgIpc) is 3.16. The van der Waals surface area contributed by atoms with Gasteiger partial charge < -0.3 is 4.98 Å². The van der Waals surface area contributed by atoms with Crippen LogP contribution in [0.25, 0.3) is 11.2 Å². The molecule has 1 saturated carbocycles. The summed E-state index contributed by atoms with van der Waals surface area (Å²) in [5.41, 5.74) is -0.637. The fourth-order valence-electron chi connectivity index (χ4n) is 2.27. The van der Waals surface area contributed by atoms with Crippen molar-refractivity contribution in [1.82, 2.24) is 19.1 Å². The minimum atomic E-state index is -0.561. The topological polar surface area (TPSA) is 96.5 Å². The van der Waals surface area contributed by atoms with Gasteiger partial charge in [0.1, 0.15) is 6.54 Å². The molecule has 0 unspecified atom stereocenters. The Morgan fingerprint density at radius 2 is 2.15 bits per heavy atom. The van der Waals surface area contributed by atoms with Crippen molar-refractivity contribution >= 4 is 22.8 Å². The summed E-state index contributed by atoms with van der Waals surface area (Å²) >= 11 is 5.79. The molecule has 3 rings (SSSR count). The second kappa shape index (κ2) is 4.80. The second-order valence-corrected chi connectivity index (χ2v) is 5.30. The Kier molecular flexibility index (Phi) is 3.10. The highest BCUT2D eigenvalue weighted by Gasteiger charge is 2.23. The molecule has 20 heavy (non-hydrogen) atoms. The summed E-state index contributed by atoms with van der Waals surface area (Å²) in [6.45, 7) is 0.195. The Hall–Kier alpha value is -2.07. The van der Waals surface area contributed by atoms with Gasteiger partial charge in [-0.25, -0.2) is 9.36 Å². The Labute approximate surface area is 118 Å². The molecular weight excluding hydrogens is 282 g/mol. The summed E-state index contributed by atoms with van der Waals surface area (Å²) in [4.78, 5) is 31.1. The number of aromatic amines is 1. The van der Waals surface area contributed by atoms with Crippen molar-refractivity contribution in [2.75, 3.05) is 0 Å². The number of nitriles is 1. The molecule has 1 aliphatic rings. The molecular formula is C12H12ClN5O2. The first-order valence-electron chi connectivity index (χ1n) is 6.37. The fourth-order valence-corrected chi connectivity index (χ4v) is 2.44. The average molecular weight is 294 g/mol. The third-order valence-electron chi connectivity index (χ3n) is 3.52. The van der Waals surface area contributed by atoms with E-state index in [9.17, 15) is 9.59 Å². The molecule has 0 spiro atoms. The number of fused-ring (bicyclic) bond motifs is 1. The highest BCUT2D eigenvalue weighted by Crippen LogP contribution is 2.32. The van der Waals surface area contributed by atoms with Crippen molar-refractivity contribution in [2.45, 2.75) is 32.4 Å². The maximum Gasteiger partial charge on any atom is 0.333 e. The number of nitrogens with zero attached hydrogens (tertiary/aromatic N) is 4. The molecule has 7 nitrogen and oxygen atoms in total. The van der Waals surface area contributed by atoms with Crippen LogP contribution in [0.4, 0.5) is 0 Å². The van der Waals surface area contributed by atoms with Crippen LogP contribution in [0.2, 0.25) is 5.28 Å². The zero-order chi connectivity index (χ0) is 14.3. The predicted octanol–water partition coefficient (Wildman–Crippen LogP) is 0.863. The van der Waals surface area contributed by atoms with Crippen molar-refractivity contribution in [3.05, 3.63) is 26.1 Å². The monoisotopic (exact) mass is 293 g/mol. The van der Waals surface area contributed by atoms with Crippen molar-refractivity contribution in [1.29, 1.82) is 5.26 Å². The van der Waals surface area contributed by atoms with E-state index in [1.54, 1.807) is 0 Å². The Morgan fingerprint density at radius 3 is 2.80 bits per heavy atom.